The maximum Gasteiger partial charge on any atom is 0.573 e. The molecule has 11 heteroatoms. The number of nitrogens with zero attached hydrogens (tertiary/aromatic N) is 1. The second-order valence-corrected chi connectivity index (χ2v) is 7.86. The highest BCUT2D eigenvalue weighted by molar-refractivity contribution is 7.87. The summed E-state index contributed by atoms with van der Waals surface area (Å²) < 4.78 is 68.2. The monoisotopic (exact) mass is 421 g/mol. The molecule has 1 aliphatic heterocycles. The Morgan fingerprint density at radius 2 is 1.71 bits per heavy atom. The number of hydrogen-bond acceptors (Lipinski definition) is 6. The number of carbonyl (C=O) groups is 2. The van der Waals surface area contributed by atoms with Gasteiger partial charge in [0, 0.05) is 26.1 Å². The SMILES string of the molecule is CC(=O)OS(=O)(=O)C1CCN(C(=O)/C=C/c2ccc(OC(F)(F)F)cc2)CC1. The maximum absolute atomic E-state index is 12.2. The maximum atomic E-state index is 12.2. The molecule has 7 nitrogen and oxygen atoms in total. The average molecular weight is 421 g/mol. The summed E-state index contributed by atoms with van der Waals surface area (Å²) in [5.41, 5.74) is 0.496. The zero-order valence-corrected chi connectivity index (χ0v) is 15.6. The van der Waals surface area contributed by atoms with E-state index in [4.69, 9.17) is 0 Å². The normalized spacial score (nSPS) is 16.2. The highest BCUT2D eigenvalue weighted by Gasteiger charge is 2.33. The lowest BCUT2D eigenvalue weighted by Gasteiger charge is -2.30. The largest absolute Gasteiger partial charge is 0.573 e. The van der Waals surface area contributed by atoms with Crippen LogP contribution >= 0.6 is 0 Å². The molecule has 0 unspecified atom stereocenters. The molecule has 1 saturated heterocycles. The van der Waals surface area contributed by atoms with Gasteiger partial charge in [-0.3, -0.25) is 9.59 Å². The minimum absolute atomic E-state index is 0.138. The Balaban J connectivity index is 1.89. The fourth-order valence-electron chi connectivity index (χ4n) is 2.65. The van der Waals surface area contributed by atoms with Gasteiger partial charge in [-0.15, -0.1) is 13.2 Å². The van der Waals surface area contributed by atoms with Gasteiger partial charge in [0.15, 0.2) is 0 Å². The molecule has 1 amide bonds. The molecule has 0 atom stereocenters. The lowest BCUT2D eigenvalue weighted by molar-refractivity contribution is -0.274. The van der Waals surface area contributed by atoms with Crippen molar-refractivity contribution in [3.8, 4) is 5.75 Å². The second kappa shape index (κ2) is 8.63. The van der Waals surface area contributed by atoms with E-state index in [1.807, 2.05) is 0 Å². The molecular formula is C17H18F3NO6S. The Kier molecular flexibility index (Phi) is 6.70. The lowest BCUT2D eigenvalue weighted by Crippen LogP contribution is -2.42. The number of benzene rings is 1. The van der Waals surface area contributed by atoms with Crippen LogP contribution < -0.4 is 4.74 Å². The zero-order valence-electron chi connectivity index (χ0n) is 14.8. The standard InChI is InChI=1S/C17H18F3NO6S/c1-12(22)27-28(24,25)15-8-10-21(11-9-15)16(23)7-4-13-2-5-14(6-3-13)26-17(18,19)20/h2-7,15H,8-11H2,1H3/b7-4+. The lowest BCUT2D eigenvalue weighted by atomic mass is 10.1. The first-order chi connectivity index (χ1) is 13.0. The summed E-state index contributed by atoms with van der Waals surface area (Å²) in [5.74, 6) is -1.64. The summed E-state index contributed by atoms with van der Waals surface area (Å²) in [7, 11) is -4.00. The van der Waals surface area contributed by atoms with E-state index in [9.17, 15) is 31.2 Å². The van der Waals surface area contributed by atoms with Crippen LogP contribution in [0.3, 0.4) is 0 Å². The van der Waals surface area contributed by atoms with Gasteiger partial charge in [-0.05, 0) is 36.6 Å². The van der Waals surface area contributed by atoms with Crippen molar-refractivity contribution in [1.82, 2.24) is 4.90 Å². The number of alkyl halides is 3. The van der Waals surface area contributed by atoms with E-state index in [2.05, 4.69) is 8.92 Å². The first kappa shape index (κ1) is 21.7. The third-order valence-corrected chi connectivity index (χ3v) is 5.68. The summed E-state index contributed by atoms with van der Waals surface area (Å²) >= 11 is 0. The molecule has 0 N–H and O–H groups in total. The number of piperidine rings is 1. The summed E-state index contributed by atoms with van der Waals surface area (Å²) in [6.07, 6.45) is -1.82. The van der Waals surface area contributed by atoms with Gasteiger partial charge in [-0.2, -0.15) is 8.42 Å². The van der Waals surface area contributed by atoms with Gasteiger partial charge in [0.2, 0.25) is 5.91 Å². The van der Waals surface area contributed by atoms with Crippen LogP contribution in [-0.2, 0) is 23.9 Å². The molecule has 1 aromatic carbocycles. The molecule has 2 rings (SSSR count). The van der Waals surface area contributed by atoms with E-state index in [1.54, 1.807) is 0 Å². The number of halogens is 3. The molecule has 0 saturated carbocycles. The van der Waals surface area contributed by atoms with Crippen molar-refractivity contribution in [2.24, 2.45) is 0 Å². The van der Waals surface area contributed by atoms with Crippen molar-refractivity contribution in [3.05, 3.63) is 35.9 Å². The summed E-state index contributed by atoms with van der Waals surface area (Å²) in [4.78, 5) is 24.5. The number of rotatable bonds is 5. The van der Waals surface area contributed by atoms with Gasteiger partial charge in [0.25, 0.3) is 0 Å². The average Bonchev–Trinajstić information content (AvgIpc) is 2.58. The fraction of sp³-hybridized carbons (Fsp3) is 0.412. The Bertz CT molecular complexity index is 841. The van der Waals surface area contributed by atoms with Crippen LogP contribution in [0.2, 0.25) is 0 Å². The van der Waals surface area contributed by atoms with Crippen LogP contribution in [0.1, 0.15) is 25.3 Å². The van der Waals surface area contributed by atoms with Crippen LogP contribution in [0.25, 0.3) is 6.08 Å². The molecule has 1 heterocycles. The van der Waals surface area contributed by atoms with E-state index < -0.39 is 27.7 Å². The number of hydrogen-bond donors (Lipinski definition) is 0. The molecule has 28 heavy (non-hydrogen) atoms. The van der Waals surface area contributed by atoms with Crippen molar-refractivity contribution < 1.29 is 40.1 Å². The van der Waals surface area contributed by atoms with E-state index in [-0.39, 0.29) is 37.6 Å². The minimum Gasteiger partial charge on any atom is -0.406 e. The van der Waals surface area contributed by atoms with Gasteiger partial charge < -0.3 is 13.8 Å². The van der Waals surface area contributed by atoms with E-state index in [0.29, 0.717) is 5.56 Å². The number of likely N-dealkylation sites (tertiary alicyclic amines) is 1. The Labute approximate surface area is 159 Å². The molecule has 1 aliphatic rings. The number of ether oxygens (including phenoxy) is 1. The Morgan fingerprint density at radius 3 is 2.21 bits per heavy atom. The fourth-order valence-corrected chi connectivity index (χ4v) is 3.90. The molecule has 0 aromatic heterocycles. The third-order valence-electron chi connectivity index (χ3n) is 3.93. The zero-order chi connectivity index (χ0) is 20.9. The quantitative estimate of drug-likeness (QED) is 0.536. The van der Waals surface area contributed by atoms with Gasteiger partial charge in [0.1, 0.15) is 11.0 Å². The van der Waals surface area contributed by atoms with Crippen LogP contribution in [-0.4, -0.2) is 49.9 Å². The molecule has 0 aliphatic carbocycles. The van der Waals surface area contributed by atoms with Gasteiger partial charge in [-0.25, -0.2) is 0 Å². The first-order valence-electron chi connectivity index (χ1n) is 8.23. The molecule has 1 fully saturated rings. The molecule has 0 bridgehead atoms. The summed E-state index contributed by atoms with van der Waals surface area (Å²) in [6.45, 7) is 1.35. The van der Waals surface area contributed by atoms with Crippen LogP contribution in [0, 0.1) is 0 Å². The first-order valence-corrected chi connectivity index (χ1v) is 9.70. The highest BCUT2D eigenvalue weighted by Crippen LogP contribution is 2.23. The predicted octanol–water partition coefficient (Wildman–Crippen LogP) is 2.48. The van der Waals surface area contributed by atoms with Crippen molar-refractivity contribution in [3.63, 3.8) is 0 Å². The molecule has 0 radical (unpaired) electrons. The second-order valence-electron chi connectivity index (χ2n) is 6.04. The Morgan fingerprint density at radius 1 is 1.14 bits per heavy atom. The number of amides is 1. The van der Waals surface area contributed by atoms with Gasteiger partial charge in [0.05, 0.1) is 0 Å². The highest BCUT2D eigenvalue weighted by atomic mass is 32.2. The summed E-state index contributed by atoms with van der Waals surface area (Å²) in [6, 6.07) is 4.98. The van der Waals surface area contributed by atoms with Crippen molar-refractivity contribution >= 4 is 28.1 Å². The Hall–Kier alpha value is -2.56. The van der Waals surface area contributed by atoms with Gasteiger partial charge >= 0.3 is 22.4 Å². The predicted molar refractivity (Wildman–Crippen MR) is 92.4 cm³/mol. The van der Waals surface area contributed by atoms with Crippen molar-refractivity contribution in [2.45, 2.75) is 31.4 Å². The van der Waals surface area contributed by atoms with Crippen LogP contribution in [0.15, 0.2) is 30.3 Å². The molecule has 0 spiro atoms. The van der Waals surface area contributed by atoms with Crippen LogP contribution in [0.5, 0.6) is 5.75 Å². The summed E-state index contributed by atoms with van der Waals surface area (Å²) in [5, 5.41) is -0.856. The molecular weight excluding hydrogens is 403 g/mol. The minimum atomic E-state index is -4.78. The van der Waals surface area contributed by atoms with Gasteiger partial charge in [-0.1, -0.05) is 12.1 Å². The topological polar surface area (TPSA) is 90.0 Å². The molecule has 154 valence electrons. The number of carbonyl (C=O) groups excluding carboxylic acids is 2. The smallest absolute Gasteiger partial charge is 0.406 e. The van der Waals surface area contributed by atoms with Crippen LogP contribution in [0.4, 0.5) is 13.2 Å². The van der Waals surface area contributed by atoms with Crippen molar-refractivity contribution in [1.29, 1.82) is 0 Å². The van der Waals surface area contributed by atoms with E-state index in [1.165, 1.54) is 29.2 Å². The molecule has 1 aromatic rings. The van der Waals surface area contributed by atoms with E-state index >= 15 is 0 Å². The third kappa shape index (κ3) is 6.55. The van der Waals surface area contributed by atoms with Crippen molar-refractivity contribution in [2.75, 3.05) is 13.1 Å². The van der Waals surface area contributed by atoms with E-state index in [0.717, 1.165) is 19.1 Å².